The number of hydrogen-bond donors (Lipinski definition) is 0. The standard InChI is InChI=1S/C13H35O4Si4/c1-11-12-14-13-21(15-18(2,3)4,16-19(5,6)7)17-20(8,9)10/h13H,11-12H2,1-10H3. The third-order valence-corrected chi connectivity index (χ3v) is 13.1. The maximum absolute atomic E-state index is 6.45. The van der Waals surface area contributed by atoms with E-state index in [1.165, 1.54) is 0 Å². The Bertz CT molecular complexity index is 264. The molecule has 0 N–H and O–H groups in total. The van der Waals surface area contributed by atoms with Crippen LogP contribution in [0, 0.1) is 6.23 Å². The van der Waals surface area contributed by atoms with E-state index in [-0.39, 0.29) is 0 Å². The Morgan fingerprint density at radius 2 is 1.00 bits per heavy atom. The Hall–Kier alpha value is 0.708. The zero-order valence-electron chi connectivity index (χ0n) is 15.6. The van der Waals surface area contributed by atoms with Crippen LogP contribution in [0.25, 0.3) is 0 Å². The van der Waals surface area contributed by atoms with Crippen molar-refractivity contribution < 1.29 is 17.1 Å². The van der Waals surface area contributed by atoms with Crippen molar-refractivity contribution in [2.75, 3.05) is 6.61 Å². The minimum Gasteiger partial charge on any atom is -0.415 e. The molecule has 0 atom stereocenters. The maximum Gasteiger partial charge on any atom is 0.502 e. The minimum absolute atomic E-state index is 0.675. The van der Waals surface area contributed by atoms with Gasteiger partial charge >= 0.3 is 8.80 Å². The Morgan fingerprint density at radius 1 is 0.667 bits per heavy atom. The average molecular weight is 368 g/mol. The highest BCUT2D eigenvalue weighted by Gasteiger charge is 2.51. The fraction of sp³-hybridized carbons (Fsp3) is 0.923. The zero-order chi connectivity index (χ0) is 16.9. The van der Waals surface area contributed by atoms with Crippen LogP contribution in [0.2, 0.25) is 58.9 Å². The van der Waals surface area contributed by atoms with Crippen LogP contribution >= 0.6 is 0 Å². The molecule has 0 aromatic heterocycles. The molecule has 1 radical (unpaired) electrons. The van der Waals surface area contributed by atoms with Crippen LogP contribution in [-0.4, -0.2) is 40.4 Å². The molecule has 0 spiro atoms. The highest BCUT2D eigenvalue weighted by molar-refractivity contribution is 6.91. The van der Waals surface area contributed by atoms with Crippen LogP contribution in [0.5, 0.6) is 0 Å². The lowest BCUT2D eigenvalue weighted by Crippen LogP contribution is -2.61. The van der Waals surface area contributed by atoms with Crippen molar-refractivity contribution >= 4 is 33.8 Å². The molecule has 4 nitrogen and oxygen atoms in total. The van der Waals surface area contributed by atoms with Crippen molar-refractivity contribution in [1.29, 1.82) is 0 Å². The monoisotopic (exact) mass is 367 g/mol. The Balaban J connectivity index is 5.36. The van der Waals surface area contributed by atoms with Crippen LogP contribution in [-0.2, 0) is 17.1 Å². The van der Waals surface area contributed by atoms with E-state index in [1.807, 2.05) is 0 Å². The van der Waals surface area contributed by atoms with E-state index >= 15 is 0 Å². The summed E-state index contributed by atoms with van der Waals surface area (Å²) >= 11 is 0. The fourth-order valence-corrected chi connectivity index (χ4v) is 14.5. The van der Waals surface area contributed by atoms with Crippen LogP contribution in [0.4, 0.5) is 0 Å². The first kappa shape index (κ1) is 21.7. The lowest BCUT2D eigenvalue weighted by atomic mass is 10.5. The zero-order valence-corrected chi connectivity index (χ0v) is 19.6. The first-order valence-electron chi connectivity index (χ1n) is 7.74. The van der Waals surface area contributed by atoms with E-state index in [0.717, 1.165) is 6.42 Å². The molecule has 0 aliphatic heterocycles. The van der Waals surface area contributed by atoms with E-state index in [9.17, 15) is 0 Å². The molecule has 0 saturated carbocycles. The maximum atomic E-state index is 6.45. The molecule has 0 aromatic rings. The van der Waals surface area contributed by atoms with Gasteiger partial charge in [-0.05, 0) is 65.3 Å². The second kappa shape index (κ2) is 8.00. The molecule has 0 aromatic carbocycles. The van der Waals surface area contributed by atoms with Gasteiger partial charge in [-0.25, -0.2) is 0 Å². The number of ether oxygens (including phenoxy) is 1. The third kappa shape index (κ3) is 11.9. The highest BCUT2D eigenvalue weighted by Crippen LogP contribution is 2.27. The van der Waals surface area contributed by atoms with Crippen molar-refractivity contribution in [3.63, 3.8) is 0 Å². The van der Waals surface area contributed by atoms with Gasteiger partial charge in [0.2, 0.25) is 0 Å². The van der Waals surface area contributed by atoms with Gasteiger partial charge in [0, 0.05) is 6.61 Å². The summed E-state index contributed by atoms with van der Waals surface area (Å²) in [5, 5.41) is 0. The smallest absolute Gasteiger partial charge is 0.415 e. The molecule has 0 aliphatic rings. The molecular formula is C13H35O4Si4. The van der Waals surface area contributed by atoms with Gasteiger partial charge < -0.3 is 17.1 Å². The van der Waals surface area contributed by atoms with Gasteiger partial charge in [-0.3, -0.25) is 0 Å². The molecule has 0 saturated heterocycles. The molecule has 127 valence electrons. The van der Waals surface area contributed by atoms with Crippen molar-refractivity contribution in [2.45, 2.75) is 72.3 Å². The molecule has 0 fully saturated rings. The molecule has 0 bridgehead atoms. The van der Waals surface area contributed by atoms with Crippen molar-refractivity contribution in [3.05, 3.63) is 6.23 Å². The molecule has 21 heavy (non-hydrogen) atoms. The van der Waals surface area contributed by atoms with Gasteiger partial charge in [-0.1, -0.05) is 6.92 Å². The summed E-state index contributed by atoms with van der Waals surface area (Å²) in [7, 11) is -8.32. The second-order valence-electron chi connectivity index (χ2n) is 8.24. The molecular weight excluding hydrogens is 332 g/mol. The van der Waals surface area contributed by atoms with Gasteiger partial charge in [0.25, 0.3) is 0 Å². The first-order valence-corrected chi connectivity index (χ1v) is 19.8. The third-order valence-electron chi connectivity index (χ3n) is 1.89. The molecule has 0 rings (SSSR count). The lowest BCUT2D eigenvalue weighted by Gasteiger charge is -2.42. The van der Waals surface area contributed by atoms with Gasteiger partial charge in [-0.2, -0.15) is 0 Å². The summed E-state index contributed by atoms with van der Waals surface area (Å²) in [6.07, 6.45) is 2.75. The van der Waals surface area contributed by atoms with Gasteiger partial charge in [0.15, 0.2) is 31.2 Å². The summed E-state index contributed by atoms with van der Waals surface area (Å²) in [5.74, 6) is 0. The summed E-state index contributed by atoms with van der Waals surface area (Å²) in [4.78, 5) is 0. The summed E-state index contributed by atoms with van der Waals surface area (Å²) in [6.45, 7) is 22.3. The highest BCUT2D eigenvalue weighted by atomic mass is 28.5. The van der Waals surface area contributed by atoms with Crippen molar-refractivity contribution in [2.24, 2.45) is 0 Å². The molecule has 0 amide bonds. The summed E-state index contributed by atoms with van der Waals surface area (Å²) < 4.78 is 25.1. The Morgan fingerprint density at radius 3 is 1.24 bits per heavy atom. The molecule has 8 heteroatoms. The number of rotatable bonds is 10. The van der Waals surface area contributed by atoms with Crippen molar-refractivity contribution in [3.8, 4) is 0 Å². The quantitative estimate of drug-likeness (QED) is 0.417. The SMILES string of the molecule is CCCO[CH][Si](O[Si](C)(C)C)(O[Si](C)(C)C)O[Si](C)(C)C. The van der Waals surface area contributed by atoms with E-state index < -0.39 is 33.8 Å². The summed E-state index contributed by atoms with van der Waals surface area (Å²) in [6, 6.07) is 0. The summed E-state index contributed by atoms with van der Waals surface area (Å²) in [5.41, 5.74) is 0. The van der Waals surface area contributed by atoms with Gasteiger partial charge in [0.1, 0.15) is 0 Å². The van der Waals surface area contributed by atoms with Gasteiger partial charge in [0.05, 0.1) is 0 Å². The predicted octanol–water partition coefficient (Wildman–Crippen LogP) is 4.61. The van der Waals surface area contributed by atoms with Crippen LogP contribution < -0.4 is 0 Å². The van der Waals surface area contributed by atoms with E-state index in [1.54, 1.807) is 6.23 Å². The Kier molecular flexibility index (Phi) is 8.27. The Labute approximate surface area is 136 Å². The fourth-order valence-electron chi connectivity index (χ4n) is 1.69. The first-order chi connectivity index (χ1) is 9.18. The minimum atomic E-state index is -2.90. The van der Waals surface area contributed by atoms with Crippen LogP contribution in [0.15, 0.2) is 0 Å². The van der Waals surface area contributed by atoms with Crippen LogP contribution in [0.1, 0.15) is 13.3 Å². The largest absolute Gasteiger partial charge is 0.502 e. The molecule has 0 aliphatic carbocycles. The van der Waals surface area contributed by atoms with Crippen LogP contribution in [0.3, 0.4) is 0 Å². The molecule has 0 unspecified atom stereocenters. The van der Waals surface area contributed by atoms with E-state index in [2.05, 4.69) is 65.8 Å². The normalized spacial score (nSPS) is 14.6. The van der Waals surface area contributed by atoms with E-state index in [4.69, 9.17) is 17.1 Å². The number of hydrogen-bond acceptors (Lipinski definition) is 4. The lowest BCUT2D eigenvalue weighted by molar-refractivity contribution is 0.165. The average Bonchev–Trinajstić information content (AvgIpc) is 2.08. The van der Waals surface area contributed by atoms with Gasteiger partial charge in [-0.15, -0.1) is 0 Å². The van der Waals surface area contributed by atoms with Crippen molar-refractivity contribution in [1.82, 2.24) is 0 Å². The second-order valence-corrected chi connectivity index (χ2v) is 24.8. The predicted molar refractivity (Wildman–Crippen MR) is 99.6 cm³/mol. The topological polar surface area (TPSA) is 36.9 Å². The van der Waals surface area contributed by atoms with E-state index in [0.29, 0.717) is 6.61 Å². The molecule has 0 heterocycles.